The fourth-order valence-corrected chi connectivity index (χ4v) is 3.57. The van der Waals surface area contributed by atoms with Gasteiger partial charge in [0.1, 0.15) is 0 Å². The van der Waals surface area contributed by atoms with Crippen molar-refractivity contribution in [3.63, 3.8) is 0 Å². The summed E-state index contributed by atoms with van der Waals surface area (Å²) in [6, 6.07) is 2.28. The molecule has 0 bridgehead atoms. The molecule has 0 N–H and O–H groups in total. The van der Waals surface area contributed by atoms with Gasteiger partial charge >= 0.3 is 0 Å². The fourth-order valence-electron chi connectivity index (χ4n) is 0.948. The second kappa shape index (κ2) is 4.97. The zero-order valence-electron chi connectivity index (χ0n) is 6.99. The Labute approximate surface area is 70.0 Å². The minimum absolute atomic E-state index is 1.05. The Balaban J connectivity index is 3.51. The van der Waals surface area contributed by atoms with E-state index in [1.54, 1.807) is 0 Å². The van der Waals surface area contributed by atoms with E-state index in [1.165, 1.54) is 18.9 Å². The summed E-state index contributed by atoms with van der Waals surface area (Å²) in [5.74, 6) is 0. The van der Waals surface area contributed by atoms with Crippen LogP contribution in [0.5, 0.6) is 0 Å². The highest BCUT2D eigenvalue weighted by Crippen LogP contribution is 2.22. The SMILES string of the molecule is C=CC[Si](C)(Cl)CCCC. The van der Waals surface area contributed by atoms with Gasteiger partial charge in [-0.1, -0.05) is 32.4 Å². The van der Waals surface area contributed by atoms with E-state index in [4.69, 9.17) is 11.1 Å². The molecule has 0 aromatic carbocycles. The monoisotopic (exact) mass is 176 g/mol. The number of rotatable bonds is 5. The first-order chi connectivity index (χ1) is 4.62. The van der Waals surface area contributed by atoms with Gasteiger partial charge in [-0.25, -0.2) is 0 Å². The Morgan fingerprint density at radius 3 is 2.60 bits per heavy atom. The van der Waals surface area contributed by atoms with Crippen LogP contribution in [0.4, 0.5) is 0 Å². The first-order valence-electron chi connectivity index (χ1n) is 3.92. The predicted molar refractivity (Wildman–Crippen MR) is 52.2 cm³/mol. The molecule has 0 aromatic heterocycles. The second-order valence-electron chi connectivity index (χ2n) is 3.01. The number of unbranched alkanes of at least 4 members (excludes halogenated alkanes) is 1. The molecule has 0 aliphatic rings. The molecule has 0 spiro atoms. The van der Waals surface area contributed by atoms with Gasteiger partial charge in [0.2, 0.25) is 0 Å². The highest BCUT2D eigenvalue weighted by molar-refractivity contribution is 7.19. The van der Waals surface area contributed by atoms with Crippen LogP contribution in [0.15, 0.2) is 12.7 Å². The molecule has 0 aliphatic heterocycles. The number of allylic oxidation sites excluding steroid dienone is 1. The van der Waals surface area contributed by atoms with Gasteiger partial charge in [0.25, 0.3) is 0 Å². The lowest BCUT2D eigenvalue weighted by Gasteiger charge is -2.15. The first kappa shape index (κ1) is 10.2. The standard InChI is InChI=1S/C8H17ClSi/c1-4-6-8-10(3,9)7-5-2/h5H,2,4,6-8H2,1,3H3. The summed E-state index contributed by atoms with van der Waals surface area (Å²) >= 11 is 6.28. The van der Waals surface area contributed by atoms with Crippen molar-refractivity contribution in [3.05, 3.63) is 12.7 Å². The van der Waals surface area contributed by atoms with E-state index in [9.17, 15) is 0 Å². The fraction of sp³-hybridized carbons (Fsp3) is 0.750. The summed E-state index contributed by atoms with van der Waals surface area (Å²) in [6.07, 6.45) is 4.49. The number of halogens is 1. The smallest absolute Gasteiger partial charge is 0.157 e. The van der Waals surface area contributed by atoms with E-state index < -0.39 is 7.38 Å². The molecule has 0 heterocycles. The van der Waals surface area contributed by atoms with Crippen LogP contribution in [-0.4, -0.2) is 7.38 Å². The van der Waals surface area contributed by atoms with Crippen LogP contribution >= 0.6 is 11.1 Å². The van der Waals surface area contributed by atoms with Gasteiger partial charge in [-0.2, -0.15) is 11.1 Å². The summed E-state index contributed by atoms with van der Waals surface area (Å²) in [6.45, 7) is 8.12. The van der Waals surface area contributed by atoms with Crippen LogP contribution < -0.4 is 0 Å². The minimum atomic E-state index is -1.37. The van der Waals surface area contributed by atoms with Crippen molar-refractivity contribution < 1.29 is 0 Å². The molecular weight excluding hydrogens is 160 g/mol. The Bertz CT molecular complexity index is 99.4. The highest BCUT2D eigenvalue weighted by atomic mass is 35.6. The molecule has 0 fully saturated rings. The summed E-state index contributed by atoms with van der Waals surface area (Å²) < 4.78 is 0. The molecule has 0 saturated carbocycles. The van der Waals surface area contributed by atoms with Crippen LogP contribution in [0.25, 0.3) is 0 Å². The molecule has 0 nitrogen and oxygen atoms in total. The lowest BCUT2D eigenvalue weighted by Crippen LogP contribution is -2.19. The van der Waals surface area contributed by atoms with Gasteiger partial charge in [-0.15, -0.1) is 6.58 Å². The van der Waals surface area contributed by atoms with Crippen molar-refractivity contribution >= 4 is 18.5 Å². The van der Waals surface area contributed by atoms with Crippen LogP contribution in [0.1, 0.15) is 19.8 Å². The van der Waals surface area contributed by atoms with E-state index >= 15 is 0 Å². The Morgan fingerprint density at radius 1 is 1.60 bits per heavy atom. The summed E-state index contributed by atoms with van der Waals surface area (Å²) in [7, 11) is -1.37. The van der Waals surface area contributed by atoms with Crippen molar-refractivity contribution in [1.82, 2.24) is 0 Å². The topological polar surface area (TPSA) is 0 Å². The molecule has 0 radical (unpaired) electrons. The van der Waals surface area contributed by atoms with E-state index in [0.29, 0.717) is 0 Å². The van der Waals surface area contributed by atoms with Gasteiger partial charge in [0.05, 0.1) is 0 Å². The highest BCUT2D eigenvalue weighted by Gasteiger charge is 2.20. The Kier molecular flexibility index (Phi) is 5.09. The molecule has 1 unspecified atom stereocenters. The van der Waals surface area contributed by atoms with Gasteiger partial charge < -0.3 is 0 Å². The maximum Gasteiger partial charge on any atom is 0.157 e. The third kappa shape index (κ3) is 5.07. The zero-order valence-corrected chi connectivity index (χ0v) is 8.75. The van der Waals surface area contributed by atoms with Gasteiger partial charge in [0.15, 0.2) is 7.38 Å². The number of hydrogen-bond acceptors (Lipinski definition) is 0. The molecule has 1 atom stereocenters. The average Bonchev–Trinajstić information content (AvgIpc) is 1.84. The molecule has 60 valence electrons. The summed E-state index contributed by atoms with van der Waals surface area (Å²) in [5.41, 5.74) is 0. The van der Waals surface area contributed by atoms with Gasteiger partial charge in [-0.3, -0.25) is 0 Å². The summed E-state index contributed by atoms with van der Waals surface area (Å²) in [4.78, 5) is 0. The molecule has 10 heavy (non-hydrogen) atoms. The minimum Gasteiger partial charge on any atom is -0.167 e. The second-order valence-corrected chi connectivity index (χ2v) is 9.48. The van der Waals surface area contributed by atoms with Gasteiger partial charge in [-0.05, 0) is 12.1 Å². The van der Waals surface area contributed by atoms with E-state index in [-0.39, 0.29) is 0 Å². The van der Waals surface area contributed by atoms with Crippen molar-refractivity contribution in [3.8, 4) is 0 Å². The molecular formula is C8H17ClSi. The first-order valence-corrected chi connectivity index (χ1v) is 7.85. The van der Waals surface area contributed by atoms with E-state index in [2.05, 4.69) is 20.0 Å². The maximum absolute atomic E-state index is 6.28. The Morgan fingerprint density at radius 2 is 2.20 bits per heavy atom. The Hall–Kier alpha value is 0.247. The molecule has 0 saturated heterocycles. The lowest BCUT2D eigenvalue weighted by molar-refractivity contribution is 0.871. The van der Waals surface area contributed by atoms with Crippen molar-refractivity contribution in [1.29, 1.82) is 0 Å². The third-order valence-electron chi connectivity index (χ3n) is 1.62. The average molecular weight is 177 g/mol. The lowest BCUT2D eigenvalue weighted by atomic mass is 10.4. The normalized spacial score (nSPS) is 16.3. The van der Waals surface area contributed by atoms with Crippen LogP contribution in [0, 0.1) is 0 Å². The molecule has 0 aromatic rings. The largest absolute Gasteiger partial charge is 0.167 e. The van der Waals surface area contributed by atoms with Crippen LogP contribution in [0.2, 0.25) is 18.6 Å². The van der Waals surface area contributed by atoms with E-state index in [0.717, 1.165) is 6.04 Å². The molecule has 0 aliphatic carbocycles. The zero-order chi connectivity index (χ0) is 8.04. The van der Waals surface area contributed by atoms with Crippen LogP contribution in [-0.2, 0) is 0 Å². The summed E-state index contributed by atoms with van der Waals surface area (Å²) in [5, 5.41) is 0. The van der Waals surface area contributed by atoms with Crippen molar-refractivity contribution in [2.24, 2.45) is 0 Å². The van der Waals surface area contributed by atoms with Gasteiger partial charge in [0, 0.05) is 0 Å². The van der Waals surface area contributed by atoms with Crippen molar-refractivity contribution in [2.75, 3.05) is 0 Å². The van der Waals surface area contributed by atoms with E-state index in [1.807, 2.05) is 6.08 Å². The van der Waals surface area contributed by atoms with Crippen molar-refractivity contribution in [2.45, 2.75) is 38.4 Å². The number of hydrogen-bond donors (Lipinski definition) is 0. The van der Waals surface area contributed by atoms with Crippen LogP contribution in [0.3, 0.4) is 0 Å². The quantitative estimate of drug-likeness (QED) is 0.340. The molecule has 0 amide bonds. The molecule has 0 rings (SSSR count). The predicted octanol–water partition coefficient (Wildman–Crippen LogP) is 3.79. The third-order valence-corrected chi connectivity index (χ3v) is 5.19. The maximum atomic E-state index is 6.28. The molecule has 2 heteroatoms.